The van der Waals surface area contributed by atoms with E-state index in [1.807, 2.05) is 31.2 Å². The van der Waals surface area contributed by atoms with E-state index >= 15 is 0 Å². The van der Waals surface area contributed by atoms with Crippen molar-refractivity contribution in [3.05, 3.63) is 59.2 Å². The van der Waals surface area contributed by atoms with E-state index in [2.05, 4.69) is 20.5 Å². The van der Waals surface area contributed by atoms with Crippen LogP contribution in [-0.4, -0.2) is 57.6 Å². The summed E-state index contributed by atoms with van der Waals surface area (Å²) in [6, 6.07) is 7.00. The highest BCUT2D eigenvalue weighted by atomic mass is 32.1. The van der Waals surface area contributed by atoms with Gasteiger partial charge in [-0.05, 0) is 69.6 Å². The minimum atomic E-state index is -0.497. The number of pyridine rings is 2. The first-order valence-electron chi connectivity index (χ1n) is 11.3. The number of hydrogen-bond acceptors (Lipinski definition) is 6. The second-order valence-corrected chi connectivity index (χ2v) is 8.50. The Morgan fingerprint density at radius 1 is 1.27 bits per heavy atom. The van der Waals surface area contributed by atoms with Gasteiger partial charge in [0.25, 0.3) is 5.91 Å². The van der Waals surface area contributed by atoms with Crippen LogP contribution in [0.25, 0.3) is 0 Å². The smallest absolute Gasteiger partial charge is 0.328 e. The van der Waals surface area contributed by atoms with Crippen molar-refractivity contribution in [3.8, 4) is 0 Å². The van der Waals surface area contributed by atoms with Crippen molar-refractivity contribution >= 4 is 29.2 Å². The Kier molecular flexibility index (Phi) is 8.71. The summed E-state index contributed by atoms with van der Waals surface area (Å²) in [5, 5.41) is 6.58. The van der Waals surface area contributed by atoms with Crippen molar-refractivity contribution in [2.24, 2.45) is 0 Å². The molecular weight excluding hydrogens is 438 g/mol. The average Bonchev–Trinajstić information content (AvgIpc) is 2.83. The maximum absolute atomic E-state index is 12.9. The van der Waals surface area contributed by atoms with Gasteiger partial charge >= 0.3 is 5.97 Å². The Balaban J connectivity index is 1.61. The summed E-state index contributed by atoms with van der Waals surface area (Å²) in [6.45, 7) is 7.65. The number of amides is 1. The second-order valence-electron chi connectivity index (χ2n) is 8.11. The van der Waals surface area contributed by atoms with Gasteiger partial charge in [0.05, 0.1) is 17.9 Å². The number of hydrogen-bond donors (Lipinski definition) is 2. The molecule has 0 aromatic carbocycles. The summed E-state index contributed by atoms with van der Waals surface area (Å²) in [4.78, 5) is 35.7. The third-order valence-electron chi connectivity index (χ3n) is 5.63. The van der Waals surface area contributed by atoms with Crippen molar-refractivity contribution in [2.45, 2.75) is 52.1 Å². The minimum Gasteiger partial charge on any atom is -0.464 e. The van der Waals surface area contributed by atoms with E-state index in [9.17, 15) is 9.59 Å². The van der Waals surface area contributed by atoms with E-state index in [0.29, 0.717) is 23.8 Å². The summed E-state index contributed by atoms with van der Waals surface area (Å²) >= 11 is 5.50. The van der Waals surface area contributed by atoms with Crippen LogP contribution in [0.3, 0.4) is 0 Å². The van der Waals surface area contributed by atoms with Gasteiger partial charge in [-0.2, -0.15) is 0 Å². The van der Waals surface area contributed by atoms with E-state index < -0.39 is 6.04 Å². The molecule has 1 amide bonds. The fraction of sp³-hybridized carbons (Fsp3) is 0.458. The van der Waals surface area contributed by atoms with Crippen LogP contribution in [0.2, 0.25) is 0 Å². The third kappa shape index (κ3) is 6.71. The number of aryl methyl sites for hydroxylation is 1. The summed E-state index contributed by atoms with van der Waals surface area (Å²) in [5.74, 6) is -0.296. The fourth-order valence-corrected chi connectivity index (χ4v) is 4.18. The van der Waals surface area contributed by atoms with Gasteiger partial charge in [0, 0.05) is 43.6 Å². The van der Waals surface area contributed by atoms with Gasteiger partial charge < -0.3 is 20.3 Å². The standard InChI is InChI=1S/C24H31N5O3S/c1-4-32-23(31)17(3)28-24(33)29-12-9-19(10-13-29)21-20(8-7-16(2)27-21)22(30)26-15-18-6-5-11-25-14-18/h5-8,11,14,17,19H,4,9-10,12-13,15H2,1-3H3,(H,26,30)(H,28,33). The minimum absolute atomic E-state index is 0.135. The van der Waals surface area contributed by atoms with Crippen molar-refractivity contribution in [2.75, 3.05) is 19.7 Å². The van der Waals surface area contributed by atoms with Gasteiger partial charge in [-0.25, -0.2) is 4.79 Å². The number of rotatable bonds is 7. The lowest BCUT2D eigenvalue weighted by Gasteiger charge is -2.34. The van der Waals surface area contributed by atoms with E-state index in [-0.39, 0.29) is 17.8 Å². The number of thiocarbonyl (C=S) groups is 1. The lowest BCUT2D eigenvalue weighted by Crippen LogP contribution is -2.49. The Hall–Kier alpha value is -3.07. The summed E-state index contributed by atoms with van der Waals surface area (Å²) < 4.78 is 5.03. The topological polar surface area (TPSA) is 96.5 Å². The van der Waals surface area contributed by atoms with Crippen molar-refractivity contribution in [1.82, 2.24) is 25.5 Å². The molecule has 2 N–H and O–H groups in total. The van der Waals surface area contributed by atoms with Gasteiger partial charge in [-0.15, -0.1) is 0 Å². The van der Waals surface area contributed by atoms with Crippen LogP contribution < -0.4 is 10.6 Å². The molecule has 1 saturated heterocycles. The molecule has 1 fully saturated rings. The molecule has 2 aromatic rings. The van der Waals surface area contributed by atoms with Crippen LogP contribution in [0.1, 0.15) is 59.9 Å². The van der Waals surface area contributed by atoms with Crippen LogP contribution in [0.4, 0.5) is 0 Å². The molecule has 3 rings (SSSR count). The molecule has 0 saturated carbocycles. The van der Waals surface area contributed by atoms with Crippen LogP contribution in [0.5, 0.6) is 0 Å². The molecule has 1 aliphatic heterocycles. The molecule has 0 radical (unpaired) electrons. The molecule has 3 heterocycles. The molecule has 9 heteroatoms. The Morgan fingerprint density at radius 2 is 2.03 bits per heavy atom. The number of aromatic nitrogens is 2. The summed E-state index contributed by atoms with van der Waals surface area (Å²) in [7, 11) is 0. The third-order valence-corrected chi connectivity index (χ3v) is 6.01. The number of likely N-dealkylation sites (tertiary alicyclic amines) is 1. The van der Waals surface area contributed by atoms with E-state index in [4.69, 9.17) is 21.9 Å². The molecule has 0 bridgehead atoms. The van der Waals surface area contributed by atoms with Crippen molar-refractivity contribution in [3.63, 3.8) is 0 Å². The van der Waals surface area contributed by atoms with Crippen LogP contribution in [-0.2, 0) is 16.1 Å². The van der Waals surface area contributed by atoms with Crippen molar-refractivity contribution in [1.29, 1.82) is 0 Å². The molecular formula is C24H31N5O3S. The van der Waals surface area contributed by atoms with Gasteiger partial charge in [-0.3, -0.25) is 14.8 Å². The molecule has 1 atom stereocenters. The maximum atomic E-state index is 12.9. The molecule has 8 nitrogen and oxygen atoms in total. The first kappa shape index (κ1) is 24.6. The van der Waals surface area contributed by atoms with E-state index in [1.54, 1.807) is 26.2 Å². The van der Waals surface area contributed by atoms with Gasteiger partial charge in [0.1, 0.15) is 6.04 Å². The van der Waals surface area contributed by atoms with Crippen LogP contribution in [0, 0.1) is 6.92 Å². The van der Waals surface area contributed by atoms with Crippen LogP contribution >= 0.6 is 12.2 Å². The average molecular weight is 470 g/mol. The van der Waals surface area contributed by atoms with E-state index in [0.717, 1.165) is 42.9 Å². The van der Waals surface area contributed by atoms with Crippen LogP contribution in [0.15, 0.2) is 36.7 Å². The number of ether oxygens (including phenoxy) is 1. The number of nitrogens with one attached hydrogen (secondary N) is 2. The zero-order valence-electron chi connectivity index (χ0n) is 19.3. The number of carbonyl (C=O) groups is 2. The van der Waals surface area contributed by atoms with Gasteiger partial charge in [0.15, 0.2) is 5.11 Å². The van der Waals surface area contributed by atoms with E-state index in [1.165, 1.54) is 0 Å². The monoisotopic (exact) mass is 469 g/mol. The Morgan fingerprint density at radius 3 is 2.70 bits per heavy atom. The lowest BCUT2D eigenvalue weighted by atomic mass is 9.90. The zero-order valence-corrected chi connectivity index (χ0v) is 20.2. The SMILES string of the molecule is CCOC(=O)C(C)NC(=S)N1CCC(c2nc(C)ccc2C(=O)NCc2cccnc2)CC1. The maximum Gasteiger partial charge on any atom is 0.328 e. The Bertz CT molecular complexity index is 977. The Labute approximate surface area is 200 Å². The molecule has 0 aliphatic carbocycles. The predicted octanol–water partition coefficient (Wildman–Crippen LogP) is 2.72. The second kappa shape index (κ2) is 11.7. The normalized spacial score (nSPS) is 14.9. The molecule has 1 unspecified atom stereocenters. The molecule has 0 spiro atoms. The first-order valence-corrected chi connectivity index (χ1v) is 11.7. The number of nitrogens with zero attached hydrogens (tertiary/aromatic N) is 3. The fourth-order valence-electron chi connectivity index (χ4n) is 3.82. The number of carbonyl (C=O) groups excluding carboxylic acids is 2. The highest BCUT2D eigenvalue weighted by Gasteiger charge is 2.28. The highest BCUT2D eigenvalue weighted by molar-refractivity contribution is 7.80. The molecule has 33 heavy (non-hydrogen) atoms. The molecule has 176 valence electrons. The highest BCUT2D eigenvalue weighted by Crippen LogP contribution is 2.29. The largest absolute Gasteiger partial charge is 0.464 e. The van der Waals surface area contributed by atoms with Gasteiger partial charge in [-0.1, -0.05) is 6.07 Å². The van der Waals surface area contributed by atoms with Crippen molar-refractivity contribution < 1.29 is 14.3 Å². The zero-order chi connectivity index (χ0) is 23.8. The summed E-state index contributed by atoms with van der Waals surface area (Å²) in [6.07, 6.45) is 5.08. The quantitative estimate of drug-likeness (QED) is 0.472. The molecule has 2 aromatic heterocycles. The lowest BCUT2D eigenvalue weighted by molar-refractivity contribution is -0.144. The predicted molar refractivity (Wildman–Crippen MR) is 130 cm³/mol. The molecule has 1 aliphatic rings. The van der Waals surface area contributed by atoms with Gasteiger partial charge in [0.2, 0.25) is 0 Å². The number of esters is 1. The first-order chi connectivity index (χ1) is 15.9. The summed E-state index contributed by atoms with van der Waals surface area (Å²) in [5.41, 5.74) is 3.27. The number of piperidine rings is 1.